The molecule has 0 spiro atoms. The van der Waals surface area contributed by atoms with Gasteiger partial charge in [0.25, 0.3) is 0 Å². The highest BCUT2D eigenvalue weighted by molar-refractivity contribution is 6.03. The number of amides is 2. The molecule has 2 aromatic carbocycles. The van der Waals surface area contributed by atoms with Gasteiger partial charge in [-0.2, -0.15) is 0 Å². The zero-order valence-electron chi connectivity index (χ0n) is 22.0. The van der Waals surface area contributed by atoms with Gasteiger partial charge in [-0.3, -0.25) is 14.6 Å². The molecule has 0 aliphatic carbocycles. The summed E-state index contributed by atoms with van der Waals surface area (Å²) in [4.78, 5) is 28.6. The number of carbonyl (C=O) groups is 2. The average molecular weight is 496 g/mol. The number of nitrogens with zero attached hydrogens (tertiary/aromatic N) is 1. The molecule has 0 aromatic heterocycles. The lowest BCUT2D eigenvalue weighted by Crippen LogP contribution is -2.41. The number of rotatable bonds is 12. The van der Waals surface area contributed by atoms with E-state index in [2.05, 4.69) is 32.8 Å². The van der Waals surface area contributed by atoms with Crippen LogP contribution >= 0.6 is 0 Å². The van der Waals surface area contributed by atoms with E-state index < -0.39 is 5.54 Å². The third-order valence-electron chi connectivity index (χ3n) is 4.76. The summed E-state index contributed by atoms with van der Waals surface area (Å²) in [6.07, 6.45) is 1.45. The van der Waals surface area contributed by atoms with Crippen molar-refractivity contribution in [1.29, 1.82) is 0 Å². The van der Waals surface area contributed by atoms with Crippen LogP contribution in [0.4, 0.5) is 17.1 Å². The molecule has 4 N–H and O–H groups in total. The molecule has 0 aliphatic rings. The van der Waals surface area contributed by atoms with Crippen LogP contribution in [0.3, 0.4) is 0 Å². The van der Waals surface area contributed by atoms with E-state index in [-0.39, 0.29) is 18.2 Å². The van der Waals surface area contributed by atoms with Gasteiger partial charge in [-0.15, -0.1) is 0 Å². The maximum atomic E-state index is 12.2. The van der Waals surface area contributed by atoms with Crippen LogP contribution in [0, 0.1) is 0 Å². The van der Waals surface area contributed by atoms with Gasteiger partial charge in [0.05, 0.1) is 18.4 Å². The normalized spacial score (nSPS) is 11.2. The molecule has 0 saturated carbocycles. The lowest BCUT2D eigenvalue weighted by atomic mass is 10.1. The number of hydrogen-bond acceptors (Lipinski definition) is 7. The number of carbonyl (C=O) groups excluding carboxylic acids is 2. The van der Waals surface area contributed by atoms with Gasteiger partial charge in [0.1, 0.15) is 24.5 Å². The third-order valence-corrected chi connectivity index (χ3v) is 4.76. The Labute approximate surface area is 213 Å². The summed E-state index contributed by atoms with van der Waals surface area (Å²) in [5.74, 6) is 0.515. The number of likely N-dealkylation sites (N-methyl/N-ethyl adjacent to an activating group) is 1. The van der Waals surface area contributed by atoms with Gasteiger partial charge in [0.2, 0.25) is 11.8 Å². The first kappa shape index (κ1) is 28.4. The Bertz CT molecular complexity index is 1090. The molecule has 0 bridgehead atoms. The summed E-state index contributed by atoms with van der Waals surface area (Å²) in [6, 6.07) is 10.8. The Morgan fingerprint density at radius 1 is 1.06 bits per heavy atom. The SMILES string of the molecule is C=C(Nc1ccc(NC(=O)CC(=O)NC(C)(C)C)cc1)c1c(N=CC)cc(OCCNC)cc1OC. The summed E-state index contributed by atoms with van der Waals surface area (Å²) in [7, 11) is 3.45. The summed E-state index contributed by atoms with van der Waals surface area (Å²) in [6.45, 7) is 12.8. The maximum absolute atomic E-state index is 12.2. The molecule has 0 unspecified atom stereocenters. The van der Waals surface area contributed by atoms with Gasteiger partial charge < -0.3 is 30.7 Å². The average Bonchev–Trinajstić information content (AvgIpc) is 2.79. The van der Waals surface area contributed by atoms with Crippen molar-refractivity contribution < 1.29 is 19.1 Å². The van der Waals surface area contributed by atoms with E-state index in [0.29, 0.717) is 47.3 Å². The first-order chi connectivity index (χ1) is 17.1. The molecular weight excluding hydrogens is 458 g/mol. The van der Waals surface area contributed by atoms with E-state index in [1.165, 1.54) is 0 Å². The van der Waals surface area contributed by atoms with E-state index in [9.17, 15) is 9.59 Å². The molecule has 9 heteroatoms. The maximum Gasteiger partial charge on any atom is 0.233 e. The monoisotopic (exact) mass is 495 g/mol. The first-order valence-corrected chi connectivity index (χ1v) is 11.7. The fourth-order valence-electron chi connectivity index (χ4n) is 3.32. The van der Waals surface area contributed by atoms with E-state index >= 15 is 0 Å². The van der Waals surface area contributed by atoms with Crippen LogP contribution in [0.5, 0.6) is 11.5 Å². The molecule has 194 valence electrons. The molecule has 0 saturated heterocycles. The van der Waals surface area contributed by atoms with E-state index in [1.54, 1.807) is 43.7 Å². The molecule has 0 fully saturated rings. The summed E-state index contributed by atoms with van der Waals surface area (Å²) in [5.41, 5.74) is 2.90. The highest BCUT2D eigenvalue weighted by atomic mass is 16.5. The molecule has 0 atom stereocenters. The number of nitrogens with one attached hydrogen (secondary N) is 4. The fourth-order valence-corrected chi connectivity index (χ4v) is 3.32. The summed E-state index contributed by atoms with van der Waals surface area (Å²) in [5, 5.41) is 11.8. The van der Waals surface area contributed by atoms with Crippen LogP contribution in [0.2, 0.25) is 0 Å². The van der Waals surface area contributed by atoms with E-state index in [0.717, 1.165) is 5.69 Å². The molecule has 0 heterocycles. The zero-order chi connectivity index (χ0) is 26.7. The Kier molecular flexibility index (Phi) is 10.5. The van der Waals surface area contributed by atoms with Gasteiger partial charge in [-0.1, -0.05) is 6.58 Å². The second-order valence-electron chi connectivity index (χ2n) is 9.06. The number of benzene rings is 2. The Hall–Kier alpha value is -3.85. The van der Waals surface area contributed by atoms with Crippen molar-refractivity contribution in [3.8, 4) is 11.5 Å². The molecular formula is C27H37N5O4. The lowest BCUT2D eigenvalue weighted by Gasteiger charge is -2.20. The van der Waals surface area contributed by atoms with Crippen molar-refractivity contribution in [1.82, 2.24) is 10.6 Å². The van der Waals surface area contributed by atoms with E-state index in [1.807, 2.05) is 40.8 Å². The van der Waals surface area contributed by atoms with Gasteiger partial charge in [-0.05, 0) is 59.0 Å². The van der Waals surface area contributed by atoms with Gasteiger partial charge in [-0.25, -0.2) is 0 Å². The van der Waals surface area contributed by atoms with Crippen molar-refractivity contribution in [3.05, 3.63) is 48.5 Å². The quantitative estimate of drug-likeness (QED) is 0.198. The number of methoxy groups -OCH3 is 1. The predicted molar refractivity (Wildman–Crippen MR) is 146 cm³/mol. The van der Waals surface area contributed by atoms with Crippen molar-refractivity contribution >= 4 is 40.8 Å². The minimum Gasteiger partial charge on any atom is -0.496 e. The van der Waals surface area contributed by atoms with Crippen LogP contribution in [0.25, 0.3) is 5.70 Å². The van der Waals surface area contributed by atoms with Crippen molar-refractivity contribution in [2.45, 2.75) is 39.7 Å². The second kappa shape index (κ2) is 13.3. The third kappa shape index (κ3) is 9.07. The molecule has 2 rings (SSSR count). The Morgan fingerprint density at radius 2 is 1.69 bits per heavy atom. The first-order valence-electron chi connectivity index (χ1n) is 11.7. The molecule has 0 radical (unpaired) electrons. The topological polar surface area (TPSA) is 113 Å². The number of anilines is 2. The molecule has 2 aromatic rings. The van der Waals surface area contributed by atoms with E-state index in [4.69, 9.17) is 9.47 Å². The Morgan fingerprint density at radius 3 is 2.25 bits per heavy atom. The predicted octanol–water partition coefficient (Wildman–Crippen LogP) is 4.34. The van der Waals surface area contributed by atoms with Crippen LogP contribution < -0.4 is 30.7 Å². The number of aliphatic imine (C=N–C) groups is 1. The van der Waals surface area contributed by atoms with Crippen molar-refractivity contribution in [2.24, 2.45) is 4.99 Å². The fraction of sp³-hybridized carbons (Fsp3) is 0.370. The minimum atomic E-state index is -0.391. The smallest absolute Gasteiger partial charge is 0.233 e. The number of hydrogen-bond donors (Lipinski definition) is 4. The van der Waals surface area contributed by atoms with Crippen LogP contribution in [-0.2, 0) is 9.59 Å². The highest BCUT2D eigenvalue weighted by Crippen LogP contribution is 2.39. The zero-order valence-corrected chi connectivity index (χ0v) is 22.0. The van der Waals surface area contributed by atoms with Crippen molar-refractivity contribution in [3.63, 3.8) is 0 Å². The second-order valence-corrected chi connectivity index (χ2v) is 9.06. The molecule has 0 aliphatic heterocycles. The van der Waals surface area contributed by atoms with Crippen LogP contribution in [0.15, 0.2) is 48.0 Å². The van der Waals surface area contributed by atoms with Gasteiger partial charge in [0, 0.05) is 47.5 Å². The summed E-state index contributed by atoms with van der Waals surface area (Å²) < 4.78 is 11.4. The molecule has 9 nitrogen and oxygen atoms in total. The molecule has 36 heavy (non-hydrogen) atoms. The van der Waals surface area contributed by atoms with Gasteiger partial charge >= 0.3 is 0 Å². The van der Waals surface area contributed by atoms with Crippen LogP contribution in [-0.4, -0.2) is 50.9 Å². The van der Waals surface area contributed by atoms with Crippen LogP contribution in [0.1, 0.15) is 39.7 Å². The Balaban J connectivity index is 2.11. The lowest BCUT2D eigenvalue weighted by molar-refractivity contribution is -0.127. The minimum absolute atomic E-state index is 0.247. The van der Waals surface area contributed by atoms with Crippen molar-refractivity contribution in [2.75, 3.05) is 37.9 Å². The van der Waals surface area contributed by atoms with Gasteiger partial charge in [0.15, 0.2) is 0 Å². The largest absolute Gasteiger partial charge is 0.496 e. The highest BCUT2D eigenvalue weighted by Gasteiger charge is 2.17. The molecule has 2 amide bonds. The summed E-state index contributed by atoms with van der Waals surface area (Å²) >= 11 is 0. The number of ether oxygens (including phenoxy) is 2. The standard InChI is InChI=1S/C27H37N5O4/c1-8-29-22-15-21(36-14-13-28-6)16-23(35-7)26(22)18(2)30-19-9-11-20(12-10-19)31-24(33)17-25(34)32-27(3,4)5/h8-12,15-16,28,30H,2,13-14,17H2,1,3-7H3,(H,31,33)(H,32,34).